The van der Waals surface area contributed by atoms with E-state index in [4.69, 9.17) is 4.74 Å². The Morgan fingerprint density at radius 2 is 1.87 bits per heavy atom. The Hall–Kier alpha value is -2.09. The minimum atomic E-state index is -0.201. The van der Waals surface area contributed by atoms with Gasteiger partial charge in [-0.05, 0) is 72.6 Å². The number of methoxy groups -OCH3 is 1. The number of hydrogen-bond donors (Lipinski definition) is 0. The Labute approximate surface area is 137 Å². The van der Waals surface area contributed by atoms with Crippen molar-refractivity contribution >= 4 is 5.57 Å². The second-order valence-electron chi connectivity index (χ2n) is 6.05. The minimum Gasteiger partial charge on any atom is -0.497 e. The molecule has 1 aliphatic carbocycles. The number of benzene rings is 2. The second kappa shape index (κ2) is 6.99. The van der Waals surface area contributed by atoms with E-state index in [1.165, 1.54) is 35.6 Å². The molecule has 0 saturated carbocycles. The molecule has 0 saturated heterocycles. The van der Waals surface area contributed by atoms with Crippen molar-refractivity contribution < 1.29 is 9.13 Å². The lowest BCUT2D eigenvalue weighted by Crippen LogP contribution is -1.98. The van der Waals surface area contributed by atoms with Gasteiger partial charge in [0.1, 0.15) is 11.6 Å². The van der Waals surface area contributed by atoms with Gasteiger partial charge in [0.2, 0.25) is 0 Å². The molecular weight excluding hydrogens is 287 g/mol. The summed E-state index contributed by atoms with van der Waals surface area (Å²) in [7, 11) is 1.61. The zero-order valence-corrected chi connectivity index (χ0v) is 13.9. The molecule has 1 aliphatic rings. The van der Waals surface area contributed by atoms with Crippen LogP contribution in [0, 0.1) is 5.82 Å². The van der Waals surface area contributed by atoms with Crippen molar-refractivity contribution in [2.45, 2.75) is 39.0 Å². The molecule has 2 aromatic carbocycles. The van der Waals surface area contributed by atoms with E-state index in [1.807, 2.05) is 0 Å². The Balaban J connectivity index is 2.17. The van der Waals surface area contributed by atoms with Gasteiger partial charge in [-0.15, -0.1) is 0 Å². The molecular formula is C21H23FO. The summed E-state index contributed by atoms with van der Waals surface area (Å²) in [4.78, 5) is 0. The third-order valence-electron chi connectivity index (χ3n) is 4.59. The highest BCUT2D eigenvalue weighted by Gasteiger charge is 2.16. The number of rotatable bonds is 4. The lowest BCUT2D eigenvalue weighted by atomic mass is 9.87. The number of aryl methyl sites for hydroxylation is 1. The van der Waals surface area contributed by atoms with Crippen LogP contribution in [0.25, 0.3) is 16.7 Å². The predicted octanol–water partition coefficient (Wildman–Crippen LogP) is 6.02. The topological polar surface area (TPSA) is 9.23 Å². The molecule has 120 valence electrons. The molecule has 3 rings (SSSR count). The monoisotopic (exact) mass is 310 g/mol. The fourth-order valence-electron chi connectivity index (χ4n) is 3.23. The summed E-state index contributed by atoms with van der Waals surface area (Å²) in [5.74, 6) is 0.484. The molecule has 23 heavy (non-hydrogen) atoms. The summed E-state index contributed by atoms with van der Waals surface area (Å²) < 4.78 is 19.7. The van der Waals surface area contributed by atoms with E-state index in [0.717, 1.165) is 24.8 Å². The zero-order chi connectivity index (χ0) is 16.2. The van der Waals surface area contributed by atoms with Crippen LogP contribution in [-0.2, 0) is 6.42 Å². The SMILES string of the molecule is CCc1ccc(-c2cc(OC)ccc2F)c(C2=CCCCC2)c1. The summed E-state index contributed by atoms with van der Waals surface area (Å²) in [6.45, 7) is 2.15. The van der Waals surface area contributed by atoms with Crippen LogP contribution in [0.3, 0.4) is 0 Å². The summed E-state index contributed by atoms with van der Waals surface area (Å²) in [5.41, 5.74) is 5.40. The van der Waals surface area contributed by atoms with Crippen molar-refractivity contribution in [3.63, 3.8) is 0 Å². The largest absolute Gasteiger partial charge is 0.497 e. The van der Waals surface area contributed by atoms with Gasteiger partial charge in [-0.25, -0.2) is 4.39 Å². The van der Waals surface area contributed by atoms with E-state index in [0.29, 0.717) is 11.3 Å². The van der Waals surface area contributed by atoms with E-state index in [2.05, 4.69) is 31.2 Å². The van der Waals surface area contributed by atoms with Crippen LogP contribution in [0.5, 0.6) is 5.75 Å². The van der Waals surface area contributed by atoms with Crippen LogP contribution in [0.15, 0.2) is 42.5 Å². The third-order valence-corrected chi connectivity index (χ3v) is 4.59. The standard InChI is InChI=1S/C21H23FO/c1-3-15-9-11-18(19(13-15)16-7-5-4-6-8-16)20-14-17(23-2)10-12-21(20)22/h7,9-14H,3-6,8H2,1-2H3. The maximum absolute atomic E-state index is 14.4. The van der Waals surface area contributed by atoms with E-state index in [-0.39, 0.29) is 5.82 Å². The quantitative estimate of drug-likeness (QED) is 0.671. The molecule has 0 heterocycles. The molecule has 0 spiro atoms. The van der Waals surface area contributed by atoms with Crippen molar-refractivity contribution in [3.8, 4) is 16.9 Å². The first-order chi connectivity index (χ1) is 11.2. The van der Waals surface area contributed by atoms with Gasteiger partial charge in [-0.2, -0.15) is 0 Å². The van der Waals surface area contributed by atoms with Crippen LogP contribution in [0.1, 0.15) is 43.7 Å². The third kappa shape index (κ3) is 3.31. The van der Waals surface area contributed by atoms with Crippen LogP contribution in [0.4, 0.5) is 4.39 Å². The van der Waals surface area contributed by atoms with Crippen LogP contribution < -0.4 is 4.74 Å². The van der Waals surface area contributed by atoms with Crippen molar-refractivity contribution in [2.75, 3.05) is 7.11 Å². The molecule has 0 unspecified atom stereocenters. The van der Waals surface area contributed by atoms with Gasteiger partial charge >= 0.3 is 0 Å². The van der Waals surface area contributed by atoms with E-state index in [1.54, 1.807) is 19.2 Å². The first kappa shape index (κ1) is 15.8. The number of hydrogen-bond acceptors (Lipinski definition) is 1. The molecule has 0 amide bonds. The van der Waals surface area contributed by atoms with Crippen LogP contribution >= 0.6 is 0 Å². The van der Waals surface area contributed by atoms with Crippen molar-refractivity contribution in [3.05, 3.63) is 59.4 Å². The number of allylic oxidation sites excluding steroid dienone is 2. The van der Waals surface area contributed by atoms with Crippen molar-refractivity contribution in [2.24, 2.45) is 0 Å². The predicted molar refractivity (Wildman–Crippen MR) is 94.2 cm³/mol. The first-order valence-corrected chi connectivity index (χ1v) is 8.39. The fraction of sp³-hybridized carbons (Fsp3) is 0.333. The molecule has 0 aliphatic heterocycles. The molecule has 1 nitrogen and oxygen atoms in total. The van der Waals surface area contributed by atoms with Gasteiger partial charge in [-0.3, -0.25) is 0 Å². The van der Waals surface area contributed by atoms with E-state index < -0.39 is 0 Å². The Bertz CT molecular complexity index is 731. The molecule has 0 aromatic heterocycles. The van der Waals surface area contributed by atoms with E-state index >= 15 is 0 Å². The molecule has 0 N–H and O–H groups in total. The smallest absolute Gasteiger partial charge is 0.131 e. The summed E-state index contributed by atoms with van der Waals surface area (Å²) in [5, 5.41) is 0. The van der Waals surface area contributed by atoms with E-state index in [9.17, 15) is 4.39 Å². The van der Waals surface area contributed by atoms with Gasteiger partial charge in [-0.1, -0.05) is 31.2 Å². The molecule has 0 radical (unpaired) electrons. The maximum atomic E-state index is 14.4. The summed E-state index contributed by atoms with van der Waals surface area (Å²) >= 11 is 0. The summed E-state index contributed by atoms with van der Waals surface area (Å²) in [6.07, 6.45) is 7.96. The van der Waals surface area contributed by atoms with Crippen LogP contribution in [0.2, 0.25) is 0 Å². The highest BCUT2D eigenvalue weighted by molar-refractivity contribution is 5.82. The Morgan fingerprint density at radius 3 is 2.57 bits per heavy atom. The van der Waals surface area contributed by atoms with Gasteiger partial charge in [0.05, 0.1) is 7.11 Å². The van der Waals surface area contributed by atoms with Gasteiger partial charge in [0, 0.05) is 5.56 Å². The molecule has 0 bridgehead atoms. The highest BCUT2D eigenvalue weighted by Crippen LogP contribution is 2.37. The minimum absolute atomic E-state index is 0.201. The average molecular weight is 310 g/mol. The number of ether oxygens (including phenoxy) is 1. The molecule has 0 fully saturated rings. The molecule has 0 atom stereocenters. The summed E-state index contributed by atoms with van der Waals surface area (Å²) in [6, 6.07) is 11.3. The number of halogens is 1. The lowest BCUT2D eigenvalue weighted by Gasteiger charge is -2.18. The van der Waals surface area contributed by atoms with Crippen molar-refractivity contribution in [1.29, 1.82) is 0 Å². The molecule has 2 aromatic rings. The Morgan fingerprint density at radius 1 is 1.00 bits per heavy atom. The van der Waals surface area contributed by atoms with Gasteiger partial charge < -0.3 is 4.74 Å². The second-order valence-corrected chi connectivity index (χ2v) is 6.05. The highest BCUT2D eigenvalue weighted by atomic mass is 19.1. The molecule has 2 heteroatoms. The van der Waals surface area contributed by atoms with Crippen LogP contribution in [-0.4, -0.2) is 7.11 Å². The lowest BCUT2D eigenvalue weighted by molar-refractivity contribution is 0.414. The first-order valence-electron chi connectivity index (χ1n) is 8.39. The maximum Gasteiger partial charge on any atom is 0.131 e. The normalized spacial score (nSPS) is 14.5. The average Bonchev–Trinajstić information content (AvgIpc) is 2.62. The van der Waals surface area contributed by atoms with Gasteiger partial charge in [0.25, 0.3) is 0 Å². The Kier molecular flexibility index (Phi) is 4.80. The fourth-order valence-corrected chi connectivity index (χ4v) is 3.23. The zero-order valence-electron chi connectivity index (χ0n) is 13.9. The van der Waals surface area contributed by atoms with Crippen molar-refractivity contribution in [1.82, 2.24) is 0 Å². The van der Waals surface area contributed by atoms with Gasteiger partial charge in [0.15, 0.2) is 0 Å².